The van der Waals surface area contributed by atoms with Crippen LogP contribution in [0.25, 0.3) is 0 Å². The van der Waals surface area contributed by atoms with Gasteiger partial charge < -0.3 is 15.8 Å². The Morgan fingerprint density at radius 2 is 1.75 bits per heavy atom. The zero-order valence-corrected chi connectivity index (χ0v) is 13.1. The van der Waals surface area contributed by atoms with E-state index in [9.17, 15) is 9.59 Å². The zero-order valence-electron chi connectivity index (χ0n) is 13.1. The van der Waals surface area contributed by atoms with Crippen LogP contribution in [0.4, 0.5) is 0 Å². The minimum atomic E-state index is -0.948. The van der Waals surface area contributed by atoms with Gasteiger partial charge in [-0.1, -0.05) is 42.5 Å². The number of hydrogen-bond donors (Lipinski definition) is 2. The van der Waals surface area contributed by atoms with Crippen LogP contribution in [0, 0.1) is 11.3 Å². The molecule has 0 aliphatic heterocycles. The molecule has 0 saturated carbocycles. The number of hydrogen-bond acceptors (Lipinski definition) is 4. The summed E-state index contributed by atoms with van der Waals surface area (Å²) in [7, 11) is 0. The lowest BCUT2D eigenvalue weighted by Gasteiger charge is -2.20. The van der Waals surface area contributed by atoms with Crippen molar-refractivity contribution in [2.75, 3.05) is 0 Å². The number of ether oxygens (including phenoxy) is 1. The highest BCUT2D eigenvalue weighted by atomic mass is 16.5. The number of nitrogens with zero attached hydrogens (tertiary/aromatic N) is 1. The van der Waals surface area contributed by atoms with E-state index < -0.39 is 24.0 Å². The van der Waals surface area contributed by atoms with Gasteiger partial charge in [-0.3, -0.25) is 9.59 Å². The second-order valence-electron chi connectivity index (χ2n) is 5.12. The molecule has 2 atom stereocenters. The minimum Gasteiger partial charge on any atom is -0.480 e. The molecule has 3 N–H and O–H groups in total. The zero-order chi connectivity index (χ0) is 17.5. The fourth-order valence-electron chi connectivity index (χ4n) is 2.13. The molecular weight excluding hydrogens is 306 g/mol. The first-order valence-electron chi connectivity index (χ1n) is 7.33. The van der Waals surface area contributed by atoms with Crippen molar-refractivity contribution in [3.05, 3.63) is 65.7 Å². The number of nitrogens with one attached hydrogen (secondary N) is 1. The number of para-hydroxylation sites is 1. The van der Waals surface area contributed by atoms with Crippen molar-refractivity contribution in [2.24, 2.45) is 5.73 Å². The molecule has 2 amide bonds. The summed E-state index contributed by atoms with van der Waals surface area (Å²) < 4.78 is 5.53. The standard InChI is InChI=1S/C18H17N3O3/c1-12(24-15-10-6-5-9-14(15)11-19)18(23)21-16(17(20)22)13-7-3-2-4-8-13/h2-10,12,16H,1H3,(H2,20,22)(H,21,23)/t12-,16-/m1/s1. The number of nitrogens with two attached hydrogens (primary N) is 1. The molecule has 0 saturated heterocycles. The van der Waals surface area contributed by atoms with Gasteiger partial charge in [-0.25, -0.2) is 0 Å². The quantitative estimate of drug-likeness (QED) is 0.843. The Kier molecular flexibility index (Phi) is 5.53. The Morgan fingerprint density at radius 1 is 1.12 bits per heavy atom. The Hall–Kier alpha value is -3.33. The first-order chi connectivity index (χ1) is 11.5. The molecule has 2 aromatic carbocycles. The average Bonchev–Trinajstić information content (AvgIpc) is 2.60. The van der Waals surface area contributed by atoms with Gasteiger partial charge in [0.05, 0.1) is 5.56 Å². The van der Waals surface area contributed by atoms with Crippen molar-refractivity contribution < 1.29 is 14.3 Å². The summed E-state index contributed by atoms with van der Waals surface area (Å²) in [6.07, 6.45) is -0.898. The second-order valence-corrected chi connectivity index (χ2v) is 5.12. The van der Waals surface area contributed by atoms with Gasteiger partial charge in [-0.15, -0.1) is 0 Å². The topological polar surface area (TPSA) is 105 Å². The van der Waals surface area contributed by atoms with Gasteiger partial charge in [-0.05, 0) is 24.6 Å². The van der Waals surface area contributed by atoms with Crippen LogP contribution in [0.1, 0.15) is 24.1 Å². The van der Waals surface area contributed by atoms with E-state index in [4.69, 9.17) is 15.7 Å². The minimum absolute atomic E-state index is 0.304. The summed E-state index contributed by atoms with van der Waals surface area (Å²) in [5.41, 5.74) is 6.29. The fourth-order valence-corrected chi connectivity index (χ4v) is 2.13. The molecule has 2 aromatic rings. The Labute approximate surface area is 139 Å². The molecule has 0 spiro atoms. The van der Waals surface area contributed by atoms with E-state index in [1.165, 1.54) is 6.92 Å². The summed E-state index contributed by atoms with van der Waals surface area (Å²) in [5, 5.41) is 11.6. The van der Waals surface area contributed by atoms with Gasteiger partial charge in [0.15, 0.2) is 6.10 Å². The van der Waals surface area contributed by atoms with Gasteiger partial charge in [-0.2, -0.15) is 5.26 Å². The molecule has 24 heavy (non-hydrogen) atoms. The van der Waals surface area contributed by atoms with E-state index in [1.807, 2.05) is 6.07 Å². The lowest BCUT2D eigenvalue weighted by Crippen LogP contribution is -2.43. The SMILES string of the molecule is C[C@@H](Oc1ccccc1C#N)C(=O)N[C@@H](C(N)=O)c1ccccc1. The molecule has 0 aliphatic carbocycles. The molecule has 0 heterocycles. The maximum absolute atomic E-state index is 12.3. The van der Waals surface area contributed by atoms with Gasteiger partial charge in [0.25, 0.3) is 5.91 Å². The number of nitriles is 1. The summed E-state index contributed by atoms with van der Waals surface area (Å²) in [6, 6.07) is 16.4. The van der Waals surface area contributed by atoms with Crippen LogP contribution in [-0.2, 0) is 9.59 Å². The number of rotatable bonds is 6. The predicted octanol–water partition coefficient (Wildman–Crippen LogP) is 1.67. The third-order valence-corrected chi connectivity index (χ3v) is 3.38. The van der Waals surface area contributed by atoms with Crippen LogP contribution in [0.3, 0.4) is 0 Å². The van der Waals surface area contributed by atoms with Gasteiger partial charge >= 0.3 is 0 Å². The number of primary amides is 1. The van der Waals surface area contributed by atoms with E-state index >= 15 is 0 Å². The lowest BCUT2D eigenvalue weighted by atomic mass is 10.1. The third-order valence-electron chi connectivity index (χ3n) is 3.38. The second kappa shape index (κ2) is 7.79. The van der Waals surface area contributed by atoms with Crippen LogP contribution in [0.15, 0.2) is 54.6 Å². The molecule has 0 unspecified atom stereocenters. The van der Waals surface area contributed by atoms with Crippen LogP contribution in [0.2, 0.25) is 0 Å². The van der Waals surface area contributed by atoms with E-state index in [1.54, 1.807) is 54.6 Å². The fraction of sp³-hybridized carbons (Fsp3) is 0.167. The van der Waals surface area contributed by atoms with Crippen molar-refractivity contribution in [3.63, 3.8) is 0 Å². The molecule has 6 heteroatoms. The van der Waals surface area contributed by atoms with Crippen molar-refractivity contribution >= 4 is 11.8 Å². The molecule has 0 aliphatic rings. The first-order valence-corrected chi connectivity index (χ1v) is 7.33. The molecule has 0 fully saturated rings. The highest BCUT2D eigenvalue weighted by Crippen LogP contribution is 2.19. The Bertz CT molecular complexity index is 769. The van der Waals surface area contributed by atoms with Crippen molar-refractivity contribution in [2.45, 2.75) is 19.1 Å². The Balaban J connectivity index is 2.10. The first kappa shape index (κ1) is 17.0. The van der Waals surface area contributed by atoms with Gasteiger partial charge in [0, 0.05) is 0 Å². The molecule has 0 aromatic heterocycles. The number of carbonyl (C=O) groups is 2. The molecule has 0 bridgehead atoms. The van der Waals surface area contributed by atoms with Gasteiger partial charge in [0.1, 0.15) is 17.9 Å². The maximum atomic E-state index is 12.3. The van der Waals surface area contributed by atoms with Gasteiger partial charge in [0.2, 0.25) is 5.91 Å². The van der Waals surface area contributed by atoms with Crippen LogP contribution < -0.4 is 15.8 Å². The number of amides is 2. The Morgan fingerprint density at radius 3 is 2.38 bits per heavy atom. The molecule has 6 nitrogen and oxygen atoms in total. The van der Waals surface area contributed by atoms with Crippen molar-refractivity contribution in [1.29, 1.82) is 5.26 Å². The van der Waals surface area contributed by atoms with Crippen LogP contribution in [-0.4, -0.2) is 17.9 Å². The molecular formula is C18H17N3O3. The number of benzene rings is 2. The molecule has 2 rings (SSSR count). The van der Waals surface area contributed by atoms with Crippen LogP contribution in [0.5, 0.6) is 5.75 Å². The third kappa shape index (κ3) is 4.11. The average molecular weight is 323 g/mol. The van der Waals surface area contributed by atoms with Crippen LogP contribution >= 0.6 is 0 Å². The monoisotopic (exact) mass is 323 g/mol. The lowest BCUT2D eigenvalue weighted by molar-refractivity contribution is -0.131. The summed E-state index contributed by atoms with van der Waals surface area (Å²) in [4.78, 5) is 23.9. The highest BCUT2D eigenvalue weighted by molar-refractivity contribution is 5.89. The normalized spacial score (nSPS) is 12.5. The summed E-state index contributed by atoms with van der Waals surface area (Å²) >= 11 is 0. The van der Waals surface area contributed by atoms with E-state index in [0.29, 0.717) is 16.9 Å². The number of carbonyl (C=O) groups excluding carboxylic acids is 2. The smallest absolute Gasteiger partial charge is 0.261 e. The molecule has 0 radical (unpaired) electrons. The van der Waals surface area contributed by atoms with E-state index in [0.717, 1.165) is 0 Å². The van der Waals surface area contributed by atoms with E-state index in [2.05, 4.69) is 5.32 Å². The largest absolute Gasteiger partial charge is 0.480 e. The molecule has 122 valence electrons. The maximum Gasteiger partial charge on any atom is 0.261 e. The van der Waals surface area contributed by atoms with Crippen molar-refractivity contribution in [1.82, 2.24) is 5.32 Å². The summed E-state index contributed by atoms with van der Waals surface area (Å²) in [5.74, 6) is -0.868. The van der Waals surface area contributed by atoms with Crippen molar-refractivity contribution in [3.8, 4) is 11.8 Å². The summed E-state index contributed by atoms with van der Waals surface area (Å²) in [6.45, 7) is 1.53. The van der Waals surface area contributed by atoms with E-state index in [-0.39, 0.29) is 0 Å². The predicted molar refractivity (Wildman–Crippen MR) is 87.8 cm³/mol. The highest BCUT2D eigenvalue weighted by Gasteiger charge is 2.24.